The molecule has 0 bridgehead atoms. The highest BCUT2D eigenvalue weighted by Gasteiger charge is 2.24. The summed E-state index contributed by atoms with van der Waals surface area (Å²) in [5, 5.41) is 13.0. The van der Waals surface area contributed by atoms with Crippen LogP contribution in [0.4, 0.5) is 22.0 Å². The van der Waals surface area contributed by atoms with Gasteiger partial charge in [-0.2, -0.15) is 15.0 Å². The molecule has 2 atom stereocenters. The number of aromatic nitrogens is 3. The SMILES string of the molecule is CC1CCN(Cc2nc(N)nc(Nc3ccc(F)cc3)n2)CC1O. The maximum Gasteiger partial charge on any atom is 0.232 e. The van der Waals surface area contributed by atoms with E-state index >= 15 is 0 Å². The quantitative estimate of drug-likeness (QED) is 0.781. The predicted molar refractivity (Wildman–Crippen MR) is 89.0 cm³/mol. The van der Waals surface area contributed by atoms with Gasteiger partial charge >= 0.3 is 0 Å². The van der Waals surface area contributed by atoms with E-state index in [-0.39, 0.29) is 17.9 Å². The van der Waals surface area contributed by atoms with Crippen LogP contribution in [-0.4, -0.2) is 44.2 Å². The highest BCUT2D eigenvalue weighted by atomic mass is 19.1. The van der Waals surface area contributed by atoms with Gasteiger partial charge in [-0.15, -0.1) is 0 Å². The van der Waals surface area contributed by atoms with Crippen molar-refractivity contribution in [1.82, 2.24) is 19.9 Å². The molecule has 0 spiro atoms. The number of nitrogens with one attached hydrogen (secondary N) is 1. The van der Waals surface area contributed by atoms with Gasteiger partial charge in [-0.3, -0.25) is 4.90 Å². The molecule has 0 radical (unpaired) electrons. The molecule has 0 saturated carbocycles. The second-order valence-corrected chi connectivity index (χ2v) is 6.13. The summed E-state index contributed by atoms with van der Waals surface area (Å²) in [6, 6.07) is 5.89. The van der Waals surface area contributed by atoms with E-state index in [0.29, 0.717) is 36.5 Å². The first-order valence-corrected chi connectivity index (χ1v) is 7.93. The van der Waals surface area contributed by atoms with Crippen LogP contribution >= 0.6 is 0 Å². The molecule has 3 rings (SSSR count). The Balaban J connectivity index is 1.70. The minimum Gasteiger partial charge on any atom is -0.392 e. The molecule has 2 heterocycles. The van der Waals surface area contributed by atoms with Gasteiger partial charge in [0, 0.05) is 12.2 Å². The molecule has 24 heavy (non-hydrogen) atoms. The summed E-state index contributed by atoms with van der Waals surface area (Å²) in [6.07, 6.45) is 0.595. The summed E-state index contributed by atoms with van der Waals surface area (Å²) >= 11 is 0. The Morgan fingerprint density at radius 1 is 1.29 bits per heavy atom. The number of rotatable bonds is 4. The first-order valence-electron chi connectivity index (χ1n) is 7.93. The molecule has 1 saturated heterocycles. The van der Waals surface area contributed by atoms with E-state index < -0.39 is 0 Å². The normalized spacial score (nSPS) is 21.6. The Bertz CT molecular complexity index is 695. The lowest BCUT2D eigenvalue weighted by atomic mass is 9.96. The fraction of sp³-hybridized carbons (Fsp3) is 0.438. The second-order valence-electron chi connectivity index (χ2n) is 6.13. The van der Waals surface area contributed by atoms with Crippen LogP contribution in [0, 0.1) is 11.7 Å². The van der Waals surface area contributed by atoms with Crippen molar-refractivity contribution in [2.45, 2.75) is 26.0 Å². The minimum absolute atomic E-state index is 0.121. The Hall–Kier alpha value is -2.32. The first kappa shape index (κ1) is 16.5. The lowest BCUT2D eigenvalue weighted by Crippen LogP contribution is -2.42. The molecule has 2 unspecified atom stereocenters. The highest BCUT2D eigenvalue weighted by molar-refractivity contribution is 5.53. The Kier molecular flexibility index (Phi) is 4.86. The maximum absolute atomic E-state index is 13.0. The molecule has 128 valence electrons. The van der Waals surface area contributed by atoms with Gasteiger partial charge in [0.15, 0.2) is 0 Å². The number of halogens is 1. The lowest BCUT2D eigenvalue weighted by molar-refractivity contribution is 0.0249. The summed E-state index contributed by atoms with van der Waals surface area (Å²) in [6.45, 7) is 4.01. The minimum atomic E-state index is -0.338. The number of nitrogens with zero attached hydrogens (tertiary/aromatic N) is 4. The van der Waals surface area contributed by atoms with Gasteiger partial charge < -0.3 is 16.2 Å². The summed E-state index contributed by atoms with van der Waals surface area (Å²) in [7, 11) is 0. The molecule has 7 nitrogen and oxygen atoms in total. The third-order valence-electron chi connectivity index (χ3n) is 4.17. The van der Waals surface area contributed by atoms with Gasteiger partial charge in [-0.25, -0.2) is 4.39 Å². The molecule has 4 N–H and O–H groups in total. The van der Waals surface area contributed by atoms with Crippen molar-refractivity contribution in [3.05, 3.63) is 35.9 Å². The molecule has 1 aliphatic heterocycles. The van der Waals surface area contributed by atoms with Gasteiger partial charge in [-0.05, 0) is 43.1 Å². The Morgan fingerprint density at radius 2 is 2.04 bits per heavy atom. The number of aliphatic hydroxyl groups excluding tert-OH is 1. The summed E-state index contributed by atoms with van der Waals surface area (Å²) in [5.74, 6) is 0.967. The largest absolute Gasteiger partial charge is 0.392 e. The molecule has 1 aliphatic rings. The number of anilines is 3. The number of piperidine rings is 1. The van der Waals surface area contributed by atoms with Crippen LogP contribution in [0.2, 0.25) is 0 Å². The van der Waals surface area contributed by atoms with Gasteiger partial charge in [0.2, 0.25) is 11.9 Å². The van der Waals surface area contributed by atoms with E-state index in [1.54, 1.807) is 12.1 Å². The van der Waals surface area contributed by atoms with Crippen LogP contribution in [0.25, 0.3) is 0 Å². The summed E-state index contributed by atoms with van der Waals surface area (Å²) in [5.41, 5.74) is 6.42. The average Bonchev–Trinajstić information content (AvgIpc) is 2.53. The fourth-order valence-electron chi connectivity index (χ4n) is 2.68. The van der Waals surface area contributed by atoms with E-state index in [1.165, 1.54) is 12.1 Å². The zero-order chi connectivity index (χ0) is 17.1. The third kappa shape index (κ3) is 4.15. The number of nitrogen functional groups attached to an aromatic ring is 1. The van der Waals surface area contributed by atoms with Crippen molar-refractivity contribution < 1.29 is 9.50 Å². The summed E-state index contributed by atoms with van der Waals surface area (Å²) in [4.78, 5) is 14.7. The van der Waals surface area contributed by atoms with E-state index in [2.05, 4.69) is 25.2 Å². The number of aliphatic hydroxyl groups is 1. The van der Waals surface area contributed by atoms with E-state index in [4.69, 9.17) is 5.73 Å². The molecular weight excluding hydrogens is 311 g/mol. The monoisotopic (exact) mass is 332 g/mol. The molecule has 0 amide bonds. The molecule has 8 heteroatoms. The molecule has 0 aliphatic carbocycles. The maximum atomic E-state index is 13.0. The standard InChI is InChI=1S/C16H21FN6O/c1-10-6-7-23(8-13(10)24)9-14-20-15(18)22-16(21-14)19-12-4-2-11(17)3-5-12/h2-5,10,13,24H,6-9H2,1H3,(H3,18,19,20,21,22). The number of benzene rings is 1. The van der Waals surface area contributed by atoms with Crippen LogP contribution in [0.15, 0.2) is 24.3 Å². The molecule has 2 aromatic rings. The number of β-amino-alcohol motifs (C(OH)–C–C–N with tert-alkyl or cyclic N) is 1. The van der Waals surface area contributed by atoms with Crippen LogP contribution in [-0.2, 0) is 6.54 Å². The van der Waals surface area contributed by atoms with Crippen LogP contribution in [0.3, 0.4) is 0 Å². The van der Waals surface area contributed by atoms with Crippen molar-refractivity contribution in [2.24, 2.45) is 5.92 Å². The second kappa shape index (κ2) is 7.06. The number of likely N-dealkylation sites (tertiary alicyclic amines) is 1. The molecule has 1 aromatic heterocycles. The number of hydrogen-bond acceptors (Lipinski definition) is 7. The highest BCUT2D eigenvalue weighted by Crippen LogP contribution is 2.19. The number of hydrogen-bond donors (Lipinski definition) is 3. The molecule has 1 fully saturated rings. The van der Waals surface area contributed by atoms with Crippen LogP contribution < -0.4 is 11.1 Å². The van der Waals surface area contributed by atoms with Gasteiger partial charge in [-0.1, -0.05) is 6.92 Å². The zero-order valence-corrected chi connectivity index (χ0v) is 13.5. The van der Waals surface area contributed by atoms with Crippen molar-refractivity contribution in [3.8, 4) is 0 Å². The van der Waals surface area contributed by atoms with Gasteiger partial charge in [0.25, 0.3) is 0 Å². The zero-order valence-electron chi connectivity index (χ0n) is 13.5. The first-order chi connectivity index (χ1) is 11.5. The van der Waals surface area contributed by atoms with E-state index in [0.717, 1.165) is 13.0 Å². The lowest BCUT2D eigenvalue weighted by Gasteiger charge is -2.33. The predicted octanol–water partition coefficient (Wildman–Crippen LogP) is 1.54. The molecular formula is C16H21FN6O. The van der Waals surface area contributed by atoms with E-state index in [1.807, 2.05) is 6.92 Å². The van der Waals surface area contributed by atoms with Crippen LogP contribution in [0.5, 0.6) is 0 Å². The van der Waals surface area contributed by atoms with Crippen molar-refractivity contribution in [1.29, 1.82) is 0 Å². The van der Waals surface area contributed by atoms with Crippen molar-refractivity contribution in [3.63, 3.8) is 0 Å². The Morgan fingerprint density at radius 3 is 2.75 bits per heavy atom. The van der Waals surface area contributed by atoms with Gasteiger partial charge in [0.05, 0.1) is 12.6 Å². The Labute approximate surface area is 139 Å². The third-order valence-corrected chi connectivity index (χ3v) is 4.17. The average molecular weight is 332 g/mol. The van der Waals surface area contributed by atoms with Crippen molar-refractivity contribution >= 4 is 17.6 Å². The number of nitrogens with two attached hydrogens (primary N) is 1. The smallest absolute Gasteiger partial charge is 0.232 e. The fourth-order valence-corrected chi connectivity index (χ4v) is 2.68. The summed E-state index contributed by atoms with van der Waals surface area (Å²) < 4.78 is 13.0. The van der Waals surface area contributed by atoms with Crippen LogP contribution in [0.1, 0.15) is 19.2 Å². The van der Waals surface area contributed by atoms with Gasteiger partial charge in [0.1, 0.15) is 11.6 Å². The van der Waals surface area contributed by atoms with E-state index in [9.17, 15) is 9.50 Å². The van der Waals surface area contributed by atoms with Crippen molar-refractivity contribution in [2.75, 3.05) is 24.1 Å². The molecule has 1 aromatic carbocycles. The topological polar surface area (TPSA) is 100 Å².